The molecule has 4 rings (SSSR count). The smallest absolute Gasteiger partial charge is 0.0555 e. The number of nitrogens with zero attached hydrogens (tertiary/aromatic N) is 1. The Hall–Kier alpha value is -1.36. The van der Waals surface area contributed by atoms with E-state index in [4.69, 9.17) is 0 Å². The average Bonchev–Trinajstić information content (AvgIpc) is 2.97. The number of allylic oxidation sites excluding steroid dienone is 2. The molecule has 1 aromatic heterocycles. The fourth-order valence-corrected chi connectivity index (χ4v) is 3.98. The van der Waals surface area contributed by atoms with Crippen LogP contribution >= 0.6 is 22.6 Å². The molecule has 2 heterocycles. The van der Waals surface area contributed by atoms with Gasteiger partial charge in [0.25, 0.3) is 0 Å². The molecular weight excluding hydrogens is 359 g/mol. The Balaban J connectivity index is 1.80. The van der Waals surface area contributed by atoms with Gasteiger partial charge < -0.3 is 5.32 Å². The highest BCUT2D eigenvalue weighted by molar-refractivity contribution is 14.1. The maximum absolute atomic E-state index is 4.14. The van der Waals surface area contributed by atoms with Crippen molar-refractivity contribution in [3.05, 3.63) is 69.6 Å². The Morgan fingerprint density at radius 2 is 2.00 bits per heavy atom. The molecule has 0 saturated heterocycles. The highest BCUT2D eigenvalue weighted by atomic mass is 127. The molecule has 1 aliphatic carbocycles. The van der Waals surface area contributed by atoms with Crippen molar-refractivity contribution >= 4 is 28.3 Å². The predicted octanol–water partition coefficient (Wildman–Crippen LogP) is 4.51. The first-order valence-corrected chi connectivity index (χ1v) is 8.03. The van der Waals surface area contributed by atoms with E-state index < -0.39 is 0 Å². The van der Waals surface area contributed by atoms with Crippen molar-refractivity contribution in [1.29, 1.82) is 0 Å². The molecule has 1 aromatic carbocycles. The van der Waals surface area contributed by atoms with E-state index in [1.54, 1.807) is 0 Å². The third-order valence-corrected chi connectivity index (χ3v) is 5.06. The van der Waals surface area contributed by atoms with Crippen LogP contribution in [0.5, 0.6) is 0 Å². The Bertz CT molecular complexity index is 666. The Morgan fingerprint density at radius 1 is 1.15 bits per heavy atom. The molecule has 3 heteroatoms. The Morgan fingerprint density at radius 3 is 2.85 bits per heavy atom. The van der Waals surface area contributed by atoms with E-state index in [0.717, 1.165) is 6.42 Å². The lowest BCUT2D eigenvalue weighted by molar-refractivity contribution is 0.425. The van der Waals surface area contributed by atoms with E-state index >= 15 is 0 Å². The number of nitrogens with one attached hydrogen (secondary N) is 1. The third kappa shape index (κ3) is 1.95. The summed E-state index contributed by atoms with van der Waals surface area (Å²) in [5, 5.41) is 3.74. The first kappa shape index (κ1) is 12.4. The van der Waals surface area contributed by atoms with E-state index in [0.29, 0.717) is 17.9 Å². The predicted molar refractivity (Wildman–Crippen MR) is 89.7 cm³/mol. The molecule has 0 amide bonds. The molecule has 0 fully saturated rings. The van der Waals surface area contributed by atoms with Crippen LogP contribution in [-0.4, -0.2) is 4.98 Å². The number of hydrogen-bond acceptors (Lipinski definition) is 2. The molecule has 2 aliphatic rings. The Labute approximate surface area is 132 Å². The summed E-state index contributed by atoms with van der Waals surface area (Å²) >= 11 is 2.40. The molecule has 3 unspecified atom stereocenters. The van der Waals surface area contributed by atoms with Gasteiger partial charge in [0.15, 0.2) is 0 Å². The van der Waals surface area contributed by atoms with Crippen LogP contribution in [0.25, 0.3) is 0 Å². The summed E-state index contributed by atoms with van der Waals surface area (Å²) in [4.78, 5) is 4.14. The maximum atomic E-state index is 4.14. The summed E-state index contributed by atoms with van der Waals surface area (Å²) in [6, 6.07) is 11.3. The largest absolute Gasteiger partial charge is 0.378 e. The second kappa shape index (κ2) is 4.88. The van der Waals surface area contributed by atoms with Gasteiger partial charge in [0.05, 0.1) is 6.04 Å². The summed E-state index contributed by atoms with van der Waals surface area (Å²) in [5.74, 6) is 1.15. The number of fused-ring (bicyclic) bond motifs is 3. The first-order chi connectivity index (χ1) is 9.83. The molecule has 2 nitrogen and oxygen atoms in total. The van der Waals surface area contributed by atoms with E-state index in [1.165, 1.54) is 20.4 Å². The number of pyridine rings is 1. The van der Waals surface area contributed by atoms with Gasteiger partial charge in [-0.05, 0) is 76.4 Å². The zero-order valence-electron chi connectivity index (χ0n) is 11.0. The molecule has 0 radical (unpaired) electrons. The van der Waals surface area contributed by atoms with Gasteiger partial charge in [-0.15, -0.1) is 0 Å². The van der Waals surface area contributed by atoms with Crippen LogP contribution in [0, 0.1) is 9.49 Å². The number of halogens is 1. The van der Waals surface area contributed by atoms with Crippen LogP contribution in [0.1, 0.15) is 29.5 Å². The molecule has 1 aliphatic heterocycles. The minimum absolute atomic E-state index is 0.380. The standard InChI is InChI=1S/C17H15IN2/c18-12-4-5-16-15(10-12)13-2-1-3-14(13)17(20-16)11-6-8-19-9-7-11/h1-2,4-10,13-14,17,20H,3H2. The topological polar surface area (TPSA) is 24.9 Å². The van der Waals surface area contributed by atoms with Gasteiger partial charge in [-0.2, -0.15) is 0 Å². The second-order valence-electron chi connectivity index (χ2n) is 5.49. The van der Waals surface area contributed by atoms with Crippen LogP contribution in [0.2, 0.25) is 0 Å². The molecule has 1 N–H and O–H groups in total. The fraction of sp³-hybridized carbons (Fsp3) is 0.235. The fourth-order valence-electron chi connectivity index (χ4n) is 3.47. The molecule has 0 saturated carbocycles. The van der Waals surface area contributed by atoms with E-state index in [9.17, 15) is 0 Å². The monoisotopic (exact) mass is 374 g/mol. The van der Waals surface area contributed by atoms with Gasteiger partial charge in [-0.1, -0.05) is 12.2 Å². The van der Waals surface area contributed by atoms with Crippen molar-refractivity contribution in [2.75, 3.05) is 5.32 Å². The Kier molecular flexibility index (Phi) is 3.02. The number of rotatable bonds is 1. The molecule has 2 aromatic rings. The summed E-state index contributed by atoms with van der Waals surface area (Å²) in [6.45, 7) is 0. The van der Waals surface area contributed by atoms with E-state index in [2.05, 4.69) is 75.4 Å². The van der Waals surface area contributed by atoms with Crippen molar-refractivity contribution in [1.82, 2.24) is 4.98 Å². The molecule has 20 heavy (non-hydrogen) atoms. The third-order valence-electron chi connectivity index (χ3n) is 4.39. The molecule has 0 bridgehead atoms. The summed E-state index contributed by atoms with van der Waals surface area (Å²) < 4.78 is 1.31. The van der Waals surface area contributed by atoms with E-state index in [1.807, 2.05) is 12.4 Å². The lowest BCUT2D eigenvalue weighted by Crippen LogP contribution is -2.29. The minimum atomic E-state index is 0.380. The first-order valence-electron chi connectivity index (χ1n) is 6.95. The molecular formula is C17H15IN2. The maximum Gasteiger partial charge on any atom is 0.0555 e. The van der Waals surface area contributed by atoms with Crippen LogP contribution in [0.15, 0.2) is 54.9 Å². The van der Waals surface area contributed by atoms with Gasteiger partial charge in [0, 0.05) is 27.6 Å². The van der Waals surface area contributed by atoms with Crippen LogP contribution in [-0.2, 0) is 0 Å². The van der Waals surface area contributed by atoms with Crippen LogP contribution in [0.3, 0.4) is 0 Å². The normalized spacial score (nSPS) is 26.8. The summed E-state index contributed by atoms with van der Waals surface area (Å²) in [7, 11) is 0. The van der Waals surface area contributed by atoms with Crippen molar-refractivity contribution in [3.8, 4) is 0 Å². The number of benzene rings is 1. The van der Waals surface area contributed by atoms with Crippen molar-refractivity contribution in [3.63, 3.8) is 0 Å². The molecule has 100 valence electrons. The number of aromatic nitrogens is 1. The lowest BCUT2D eigenvalue weighted by atomic mass is 9.77. The molecule has 3 atom stereocenters. The number of hydrogen-bond donors (Lipinski definition) is 1. The summed E-state index contributed by atoms with van der Waals surface area (Å²) in [6.07, 6.45) is 9.64. The van der Waals surface area contributed by atoms with Gasteiger partial charge in [-0.3, -0.25) is 4.98 Å². The SMILES string of the molecule is Ic1ccc2c(c1)C1C=CCC1C(c1ccncc1)N2. The van der Waals surface area contributed by atoms with Crippen molar-refractivity contribution in [2.45, 2.75) is 18.4 Å². The molecule has 0 spiro atoms. The van der Waals surface area contributed by atoms with E-state index in [-0.39, 0.29) is 0 Å². The second-order valence-corrected chi connectivity index (χ2v) is 6.73. The average molecular weight is 374 g/mol. The van der Waals surface area contributed by atoms with Crippen LogP contribution < -0.4 is 5.32 Å². The van der Waals surface area contributed by atoms with Gasteiger partial charge in [0.2, 0.25) is 0 Å². The quantitative estimate of drug-likeness (QED) is 0.587. The number of anilines is 1. The van der Waals surface area contributed by atoms with Gasteiger partial charge >= 0.3 is 0 Å². The minimum Gasteiger partial charge on any atom is -0.378 e. The highest BCUT2D eigenvalue weighted by Crippen LogP contribution is 2.49. The van der Waals surface area contributed by atoms with Crippen molar-refractivity contribution < 1.29 is 0 Å². The van der Waals surface area contributed by atoms with Crippen molar-refractivity contribution in [2.24, 2.45) is 5.92 Å². The van der Waals surface area contributed by atoms with Gasteiger partial charge in [0.1, 0.15) is 0 Å². The zero-order chi connectivity index (χ0) is 13.5. The van der Waals surface area contributed by atoms with Crippen LogP contribution in [0.4, 0.5) is 5.69 Å². The van der Waals surface area contributed by atoms with Gasteiger partial charge in [-0.25, -0.2) is 0 Å². The summed E-state index contributed by atoms with van der Waals surface area (Å²) in [5.41, 5.74) is 4.06. The highest BCUT2D eigenvalue weighted by Gasteiger charge is 2.37. The lowest BCUT2D eigenvalue weighted by Gasteiger charge is -2.37. The zero-order valence-corrected chi connectivity index (χ0v) is 13.1.